The van der Waals surface area contributed by atoms with Crippen molar-refractivity contribution in [2.24, 2.45) is 0 Å². The molecule has 1 unspecified atom stereocenters. The Labute approximate surface area is 63.4 Å². The van der Waals surface area contributed by atoms with Crippen molar-refractivity contribution in [1.29, 1.82) is 0 Å². The summed E-state index contributed by atoms with van der Waals surface area (Å²) in [7, 11) is 0. The highest BCUT2D eigenvalue weighted by Crippen LogP contribution is 2.34. The molecular weight excluding hydrogens is 120 g/mol. The first-order valence-corrected chi connectivity index (χ1v) is 3.87. The molecule has 0 fully saturated rings. The van der Waals surface area contributed by atoms with Crippen molar-refractivity contribution >= 4 is 0 Å². The highest BCUT2D eigenvalue weighted by Gasteiger charge is 2.20. The van der Waals surface area contributed by atoms with Crippen molar-refractivity contribution in [3.63, 3.8) is 0 Å². The summed E-state index contributed by atoms with van der Waals surface area (Å²) in [6, 6.07) is 6.77. The molecule has 2 rings (SSSR count). The van der Waals surface area contributed by atoms with Gasteiger partial charge in [0.25, 0.3) is 0 Å². The zero-order valence-electron chi connectivity index (χ0n) is 6.52. The van der Waals surface area contributed by atoms with E-state index in [1.807, 2.05) is 0 Å². The third-order valence-corrected chi connectivity index (χ3v) is 2.36. The van der Waals surface area contributed by atoms with Gasteiger partial charge in [-0.3, -0.25) is 0 Å². The highest BCUT2D eigenvalue weighted by molar-refractivity contribution is 5.41. The van der Waals surface area contributed by atoms with Crippen LogP contribution in [-0.2, 0) is 6.42 Å². The van der Waals surface area contributed by atoms with Gasteiger partial charge < -0.3 is 0 Å². The van der Waals surface area contributed by atoms with Crippen LogP contribution in [0.25, 0.3) is 0 Å². The Morgan fingerprint density at radius 3 is 2.90 bits per heavy atom. The van der Waals surface area contributed by atoms with Gasteiger partial charge in [-0.2, -0.15) is 0 Å². The molecule has 1 aromatic carbocycles. The van der Waals surface area contributed by atoms with Crippen LogP contribution in [0.5, 0.6) is 0 Å². The van der Waals surface area contributed by atoms with E-state index in [0.717, 1.165) is 5.92 Å². The van der Waals surface area contributed by atoms with Crippen molar-refractivity contribution in [3.05, 3.63) is 34.9 Å². The van der Waals surface area contributed by atoms with Gasteiger partial charge in [0, 0.05) is 1.43 Å². The Morgan fingerprint density at radius 1 is 1.50 bits per heavy atom. The summed E-state index contributed by atoms with van der Waals surface area (Å²) in [5, 5.41) is 0. The van der Waals surface area contributed by atoms with Crippen LogP contribution in [0.1, 0.15) is 31.0 Å². The summed E-state index contributed by atoms with van der Waals surface area (Å²) in [6.07, 6.45) is 1.29. The van der Waals surface area contributed by atoms with E-state index in [1.54, 1.807) is 11.1 Å². The average molecular weight is 134 g/mol. The topological polar surface area (TPSA) is 0 Å². The van der Waals surface area contributed by atoms with Gasteiger partial charge in [0.1, 0.15) is 0 Å². The first-order chi connectivity index (χ1) is 4.77. The zero-order valence-corrected chi connectivity index (χ0v) is 6.52. The van der Waals surface area contributed by atoms with Crippen molar-refractivity contribution in [2.75, 3.05) is 0 Å². The molecule has 0 nitrogen and oxygen atoms in total. The molecular formula is C10H14. The molecule has 0 heteroatoms. The van der Waals surface area contributed by atoms with E-state index in [4.69, 9.17) is 0 Å². The molecule has 0 heterocycles. The van der Waals surface area contributed by atoms with Crippen molar-refractivity contribution in [1.82, 2.24) is 0 Å². The fraction of sp³-hybridized carbons (Fsp3) is 0.400. The maximum absolute atomic E-state index is 2.30. The van der Waals surface area contributed by atoms with Crippen molar-refractivity contribution < 1.29 is 1.43 Å². The fourth-order valence-electron chi connectivity index (χ4n) is 1.70. The molecule has 0 saturated heterocycles. The lowest BCUT2D eigenvalue weighted by Crippen LogP contribution is -2.13. The maximum Gasteiger partial charge on any atom is 0 e. The van der Waals surface area contributed by atoms with Gasteiger partial charge in [-0.1, -0.05) is 30.7 Å². The quantitative estimate of drug-likeness (QED) is 0.511. The van der Waals surface area contributed by atoms with Gasteiger partial charge in [0.2, 0.25) is 0 Å². The molecule has 1 aromatic rings. The first-order valence-electron chi connectivity index (χ1n) is 3.87. The smallest absolute Gasteiger partial charge is 0 e. The molecule has 1 atom stereocenters. The third-order valence-electron chi connectivity index (χ3n) is 2.36. The molecule has 0 N–H and O–H groups in total. The summed E-state index contributed by atoms with van der Waals surface area (Å²) in [4.78, 5) is 0. The second kappa shape index (κ2) is 1.85. The minimum Gasteiger partial charge on any atom is -0.0590 e. The molecule has 10 heavy (non-hydrogen) atoms. The lowest BCUT2D eigenvalue weighted by atomic mass is 9.78. The standard InChI is InChI=1S/C10H12.H2/c1-7-3-4-10-8(2)6-9(10)5-7;/h3-5,8H,6H2,1-2H3;1H. The van der Waals surface area contributed by atoms with E-state index >= 15 is 0 Å². The van der Waals surface area contributed by atoms with Crippen LogP contribution in [0, 0.1) is 6.92 Å². The predicted molar refractivity (Wildman–Crippen MR) is 45.4 cm³/mol. The summed E-state index contributed by atoms with van der Waals surface area (Å²) in [5.41, 5.74) is 4.52. The second-order valence-corrected chi connectivity index (χ2v) is 3.31. The molecule has 0 saturated carbocycles. The van der Waals surface area contributed by atoms with Gasteiger partial charge in [-0.25, -0.2) is 0 Å². The summed E-state index contributed by atoms with van der Waals surface area (Å²) in [5.74, 6) is 0.815. The lowest BCUT2D eigenvalue weighted by molar-refractivity contribution is 0.666. The Balaban J connectivity index is 0.000000605. The van der Waals surface area contributed by atoms with Crippen LogP contribution in [0.15, 0.2) is 18.2 Å². The van der Waals surface area contributed by atoms with E-state index in [0.29, 0.717) is 0 Å². The van der Waals surface area contributed by atoms with Crippen molar-refractivity contribution in [2.45, 2.75) is 26.2 Å². The molecule has 54 valence electrons. The van der Waals surface area contributed by atoms with Gasteiger partial charge in [0.15, 0.2) is 0 Å². The predicted octanol–water partition coefficient (Wildman–Crippen LogP) is 2.90. The maximum atomic E-state index is 2.30. The summed E-state index contributed by atoms with van der Waals surface area (Å²) in [6.45, 7) is 4.45. The third kappa shape index (κ3) is 0.683. The summed E-state index contributed by atoms with van der Waals surface area (Å²) < 4.78 is 0. The van der Waals surface area contributed by atoms with E-state index in [2.05, 4.69) is 32.0 Å². The molecule has 0 aromatic heterocycles. The zero-order chi connectivity index (χ0) is 7.14. The number of rotatable bonds is 0. The van der Waals surface area contributed by atoms with E-state index in [1.165, 1.54) is 12.0 Å². The number of aryl methyl sites for hydroxylation is 1. The van der Waals surface area contributed by atoms with Gasteiger partial charge >= 0.3 is 0 Å². The first kappa shape index (κ1) is 5.96. The van der Waals surface area contributed by atoms with Gasteiger partial charge in [0.05, 0.1) is 0 Å². The van der Waals surface area contributed by atoms with Crippen LogP contribution in [0.2, 0.25) is 0 Å². The Morgan fingerprint density at radius 2 is 2.30 bits per heavy atom. The molecule has 1 aliphatic carbocycles. The molecule has 0 radical (unpaired) electrons. The minimum absolute atomic E-state index is 0. The number of hydrogen-bond acceptors (Lipinski definition) is 0. The van der Waals surface area contributed by atoms with Crippen LogP contribution >= 0.6 is 0 Å². The lowest BCUT2D eigenvalue weighted by Gasteiger charge is -2.26. The minimum atomic E-state index is 0. The Hall–Kier alpha value is -0.780. The van der Waals surface area contributed by atoms with Gasteiger partial charge in [-0.05, 0) is 30.4 Å². The van der Waals surface area contributed by atoms with Crippen LogP contribution in [0.4, 0.5) is 0 Å². The van der Waals surface area contributed by atoms with E-state index < -0.39 is 0 Å². The molecule has 1 aliphatic rings. The van der Waals surface area contributed by atoms with Crippen LogP contribution in [-0.4, -0.2) is 0 Å². The monoisotopic (exact) mass is 134 g/mol. The summed E-state index contributed by atoms with van der Waals surface area (Å²) >= 11 is 0. The largest absolute Gasteiger partial charge is 0.0590 e. The van der Waals surface area contributed by atoms with Crippen molar-refractivity contribution in [3.8, 4) is 0 Å². The van der Waals surface area contributed by atoms with E-state index in [-0.39, 0.29) is 1.43 Å². The van der Waals surface area contributed by atoms with Crippen LogP contribution in [0.3, 0.4) is 0 Å². The average Bonchev–Trinajstić information content (AvgIpc) is 1.86. The van der Waals surface area contributed by atoms with E-state index in [9.17, 15) is 0 Å². The second-order valence-electron chi connectivity index (χ2n) is 3.31. The number of hydrogen-bond donors (Lipinski definition) is 0. The fourth-order valence-corrected chi connectivity index (χ4v) is 1.70. The Bertz CT molecular complexity index is 266. The number of benzene rings is 1. The van der Waals surface area contributed by atoms with Crippen LogP contribution < -0.4 is 0 Å². The highest BCUT2D eigenvalue weighted by atomic mass is 14.2. The molecule has 0 amide bonds. The molecule has 0 bridgehead atoms. The SMILES string of the molecule is Cc1ccc2c(c1)CC2C.[HH]. The van der Waals surface area contributed by atoms with Gasteiger partial charge in [-0.15, -0.1) is 0 Å². The number of fused-ring (bicyclic) bond motifs is 1. The normalized spacial score (nSPS) is 21.6. The Kier molecular flexibility index (Phi) is 1.10. The molecule has 0 aliphatic heterocycles. The molecule has 0 spiro atoms.